The molecule has 0 spiro atoms. The molecule has 0 unspecified atom stereocenters. The van der Waals surface area contributed by atoms with Gasteiger partial charge in [0.15, 0.2) is 0 Å². The highest BCUT2D eigenvalue weighted by Gasteiger charge is 2.16. The third-order valence-electron chi connectivity index (χ3n) is 2.40. The molecule has 0 amide bonds. The third kappa shape index (κ3) is 2.32. The normalized spacial score (nSPS) is 10.3. The highest BCUT2D eigenvalue weighted by atomic mass is 16.5. The summed E-state index contributed by atoms with van der Waals surface area (Å²) in [5.74, 6) is -0.415. The summed E-state index contributed by atoms with van der Waals surface area (Å²) >= 11 is 0. The van der Waals surface area contributed by atoms with Gasteiger partial charge >= 0.3 is 5.97 Å². The second-order valence-electron chi connectivity index (χ2n) is 3.71. The molecule has 0 bridgehead atoms. The topological polar surface area (TPSA) is 91.2 Å². The number of hydrogen-bond donors (Lipinski definition) is 1. The highest BCUT2D eigenvalue weighted by molar-refractivity contribution is 5.85. The molecule has 1 heterocycles. The second kappa shape index (κ2) is 4.87. The van der Waals surface area contributed by atoms with Gasteiger partial charge in [0.05, 0.1) is 6.61 Å². The fourth-order valence-corrected chi connectivity index (χ4v) is 1.43. The van der Waals surface area contributed by atoms with Crippen LogP contribution >= 0.6 is 0 Å². The van der Waals surface area contributed by atoms with Crippen molar-refractivity contribution in [1.82, 2.24) is 10.1 Å². The van der Waals surface area contributed by atoms with Crippen molar-refractivity contribution in [2.45, 2.75) is 13.8 Å². The SMILES string of the molecule is CCOC(=O)c1noc(-c2ccc(N)c(C)c2)n1. The average molecular weight is 247 g/mol. The van der Waals surface area contributed by atoms with E-state index >= 15 is 0 Å². The summed E-state index contributed by atoms with van der Waals surface area (Å²) in [5, 5.41) is 3.57. The van der Waals surface area contributed by atoms with Gasteiger partial charge in [-0.1, -0.05) is 0 Å². The summed E-state index contributed by atoms with van der Waals surface area (Å²) in [5.41, 5.74) is 8.02. The summed E-state index contributed by atoms with van der Waals surface area (Å²) in [6, 6.07) is 5.32. The van der Waals surface area contributed by atoms with E-state index in [2.05, 4.69) is 10.1 Å². The van der Waals surface area contributed by atoms with Crippen molar-refractivity contribution in [1.29, 1.82) is 0 Å². The van der Waals surface area contributed by atoms with E-state index in [4.69, 9.17) is 15.0 Å². The monoisotopic (exact) mass is 247 g/mol. The molecule has 0 aliphatic carbocycles. The number of carbonyl (C=O) groups excluding carboxylic acids is 1. The molecule has 0 saturated heterocycles. The zero-order valence-electron chi connectivity index (χ0n) is 10.1. The number of esters is 1. The Labute approximate surface area is 104 Å². The van der Waals surface area contributed by atoms with Gasteiger partial charge in [-0.05, 0) is 42.8 Å². The van der Waals surface area contributed by atoms with E-state index in [0.29, 0.717) is 11.3 Å². The number of hydrogen-bond acceptors (Lipinski definition) is 6. The van der Waals surface area contributed by atoms with Gasteiger partial charge in [-0.25, -0.2) is 4.79 Å². The minimum atomic E-state index is -0.598. The molecule has 2 aromatic rings. The van der Waals surface area contributed by atoms with Crippen LogP contribution in [0.5, 0.6) is 0 Å². The van der Waals surface area contributed by atoms with Crippen LogP contribution in [-0.2, 0) is 4.74 Å². The van der Waals surface area contributed by atoms with Gasteiger partial charge in [-0.2, -0.15) is 4.98 Å². The van der Waals surface area contributed by atoms with Crippen LogP contribution in [0.2, 0.25) is 0 Å². The summed E-state index contributed by atoms with van der Waals surface area (Å²) in [6.07, 6.45) is 0. The molecule has 6 heteroatoms. The predicted octanol–water partition coefficient (Wildman–Crippen LogP) is 1.80. The molecule has 6 nitrogen and oxygen atoms in total. The van der Waals surface area contributed by atoms with Gasteiger partial charge in [-0.3, -0.25) is 0 Å². The molecule has 94 valence electrons. The van der Waals surface area contributed by atoms with E-state index in [1.807, 2.05) is 13.0 Å². The Kier molecular flexibility index (Phi) is 3.27. The van der Waals surface area contributed by atoms with Crippen LogP contribution in [0.4, 0.5) is 5.69 Å². The molecule has 1 aromatic carbocycles. The fraction of sp³-hybridized carbons (Fsp3) is 0.250. The summed E-state index contributed by atoms with van der Waals surface area (Å²) in [7, 11) is 0. The molecule has 0 atom stereocenters. The van der Waals surface area contributed by atoms with Crippen molar-refractivity contribution in [3.63, 3.8) is 0 Å². The molecule has 0 aliphatic heterocycles. The molecule has 0 fully saturated rings. The minimum absolute atomic E-state index is 0.0821. The Morgan fingerprint density at radius 2 is 2.28 bits per heavy atom. The fourth-order valence-electron chi connectivity index (χ4n) is 1.43. The predicted molar refractivity (Wildman–Crippen MR) is 64.8 cm³/mol. The van der Waals surface area contributed by atoms with Gasteiger partial charge in [0.25, 0.3) is 11.7 Å². The zero-order chi connectivity index (χ0) is 13.1. The van der Waals surface area contributed by atoms with Gasteiger partial charge in [-0.15, -0.1) is 0 Å². The lowest BCUT2D eigenvalue weighted by Gasteiger charge is -2.00. The molecular formula is C12H13N3O3. The maximum Gasteiger partial charge on any atom is 0.379 e. The average Bonchev–Trinajstić information content (AvgIpc) is 2.82. The maximum absolute atomic E-state index is 11.4. The molecule has 18 heavy (non-hydrogen) atoms. The number of ether oxygens (including phenoxy) is 1. The van der Waals surface area contributed by atoms with Gasteiger partial charge in [0.1, 0.15) is 0 Å². The number of anilines is 1. The van der Waals surface area contributed by atoms with E-state index in [-0.39, 0.29) is 18.3 Å². The Hall–Kier alpha value is -2.37. The number of rotatable bonds is 3. The lowest BCUT2D eigenvalue weighted by atomic mass is 10.1. The Bertz CT molecular complexity index is 578. The smallest absolute Gasteiger partial charge is 0.379 e. The van der Waals surface area contributed by atoms with Gasteiger partial charge < -0.3 is 15.0 Å². The van der Waals surface area contributed by atoms with Gasteiger partial charge in [0.2, 0.25) is 0 Å². The third-order valence-corrected chi connectivity index (χ3v) is 2.40. The zero-order valence-corrected chi connectivity index (χ0v) is 10.1. The number of nitrogens with two attached hydrogens (primary N) is 1. The highest BCUT2D eigenvalue weighted by Crippen LogP contribution is 2.21. The van der Waals surface area contributed by atoms with Gasteiger partial charge in [0, 0.05) is 11.3 Å². The minimum Gasteiger partial charge on any atom is -0.460 e. The largest absolute Gasteiger partial charge is 0.460 e. The Morgan fingerprint density at radius 3 is 2.94 bits per heavy atom. The lowest BCUT2D eigenvalue weighted by Crippen LogP contribution is -2.06. The van der Waals surface area contributed by atoms with E-state index in [1.54, 1.807) is 19.1 Å². The molecule has 0 radical (unpaired) electrons. The molecule has 2 N–H and O–H groups in total. The van der Waals surface area contributed by atoms with E-state index < -0.39 is 5.97 Å². The standard InChI is InChI=1S/C12H13N3O3/c1-3-17-12(16)10-14-11(18-15-10)8-4-5-9(13)7(2)6-8/h4-6H,3,13H2,1-2H3. The first-order valence-corrected chi connectivity index (χ1v) is 5.49. The van der Waals surface area contributed by atoms with E-state index in [9.17, 15) is 4.79 Å². The number of nitrogen functional groups attached to an aromatic ring is 1. The van der Waals surface area contributed by atoms with E-state index in [1.165, 1.54) is 0 Å². The van der Waals surface area contributed by atoms with Crippen molar-refractivity contribution in [3.8, 4) is 11.5 Å². The number of aryl methyl sites for hydroxylation is 1. The van der Waals surface area contributed by atoms with Crippen molar-refractivity contribution in [3.05, 3.63) is 29.6 Å². The van der Waals surface area contributed by atoms with Crippen LogP contribution in [0, 0.1) is 6.92 Å². The summed E-state index contributed by atoms with van der Waals surface area (Å²) in [4.78, 5) is 15.4. The second-order valence-corrected chi connectivity index (χ2v) is 3.71. The Balaban J connectivity index is 2.29. The summed E-state index contributed by atoms with van der Waals surface area (Å²) in [6.45, 7) is 3.85. The lowest BCUT2D eigenvalue weighted by molar-refractivity contribution is 0.0508. The summed E-state index contributed by atoms with van der Waals surface area (Å²) < 4.78 is 9.79. The van der Waals surface area contributed by atoms with Crippen LogP contribution in [0.25, 0.3) is 11.5 Å². The number of carbonyl (C=O) groups is 1. The Morgan fingerprint density at radius 1 is 1.50 bits per heavy atom. The van der Waals surface area contributed by atoms with Crippen LogP contribution in [-0.4, -0.2) is 22.7 Å². The molecule has 2 rings (SSSR count). The number of aromatic nitrogens is 2. The first-order valence-electron chi connectivity index (χ1n) is 5.49. The molecule has 0 saturated carbocycles. The molecule has 1 aromatic heterocycles. The first kappa shape index (κ1) is 12.1. The van der Waals surface area contributed by atoms with Crippen molar-refractivity contribution in [2.75, 3.05) is 12.3 Å². The van der Waals surface area contributed by atoms with Crippen LogP contribution in [0.1, 0.15) is 23.1 Å². The first-order chi connectivity index (χ1) is 8.61. The quantitative estimate of drug-likeness (QED) is 0.656. The van der Waals surface area contributed by atoms with Crippen LogP contribution < -0.4 is 5.73 Å². The molecule has 0 aliphatic rings. The number of nitrogens with zero attached hydrogens (tertiary/aromatic N) is 2. The molecular weight excluding hydrogens is 234 g/mol. The maximum atomic E-state index is 11.4. The van der Waals surface area contributed by atoms with Crippen LogP contribution in [0.15, 0.2) is 22.7 Å². The van der Waals surface area contributed by atoms with Crippen LogP contribution in [0.3, 0.4) is 0 Å². The van der Waals surface area contributed by atoms with Crippen molar-refractivity contribution >= 4 is 11.7 Å². The number of benzene rings is 1. The van der Waals surface area contributed by atoms with E-state index in [0.717, 1.165) is 5.56 Å². The van der Waals surface area contributed by atoms with Crippen molar-refractivity contribution in [2.24, 2.45) is 0 Å². The van der Waals surface area contributed by atoms with Crippen molar-refractivity contribution < 1.29 is 14.1 Å².